The average molecular weight is 395 g/mol. The number of hydrogen-bond acceptors (Lipinski definition) is 5. The third-order valence-corrected chi connectivity index (χ3v) is 4.97. The van der Waals surface area contributed by atoms with Gasteiger partial charge in [0.25, 0.3) is 5.91 Å². The van der Waals surface area contributed by atoms with Crippen LogP contribution in [-0.4, -0.2) is 30.2 Å². The second-order valence-electron chi connectivity index (χ2n) is 7.03. The molecular formula is C22H25N3O4. The number of phenolic OH excluding ortho intramolecular Hbond substituents is 1. The number of ether oxygens (including phenoxy) is 1. The van der Waals surface area contributed by atoms with Crippen molar-refractivity contribution in [3.8, 4) is 11.5 Å². The van der Waals surface area contributed by atoms with Gasteiger partial charge in [0.05, 0.1) is 13.3 Å². The molecule has 152 valence electrons. The van der Waals surface area contributed by atoms with Gasteiger partial charge in [0.1, 0.15) is 0 Å². The van der Waals surface area contributed by atoms with E-state index in [1.165, 1.54) is 25.8 Å². The molecule has 0 atom stereocenters. The van der Waals surface area contributed by atoms with Gasteiger partial charge >= 0.3 is 0 Å². The molecule has 0 spiro atoms. The summed E-state index contributed by atoms with van der Waals surface area (Å²) >= 11 is 0. The molecule has 1 aliphatic rings. The predicted molar refractivity (Wildman–Crippen MR) is 111 cm³/mol. The van der Waals surface area contributed by atoms with Gasteiger partial charge in [0, 0.05) is 17.2 Å². The van der Waals surface area contributed by atoms with E-state index in [0.29, 0.717) is 22.6 Å². The van der Waals surface area contributed by atoms with Crippen LogP contribution in [-0.2, 0) is 4.79 Å². The van der Waals surface area contributed by atoms with Crippen molar-refractivity contribution in [2.24, 2.45) is 11.0 Å². The van der Waals surface area contributed by atoms with Crippen molar-refractivity contribution in [1.29, 1.82) is 0 Å². The SMILES string of the molecule is COc1cc(C=NNC(=O)c2ccc(NC(=O)C3CCCCC3)cc2)ccc1O. The summed E-state index contributed by atoms with van der Waals surface area (Å²) in [5, 5.41) is 16.4. The number of aromatic hydroxyl groups is 1. The van der Waals surface area contributed by atoms with Gasteiger partial charge in [0.15, 0.2) is 11.5 Å². The molecular weight excluding hydrogens is 370 g/mol. The summed E-state index contributed by atoms with van der Waals surface area (Å²) < 4.78 is 5.03. The fourth-order valence-corrected chi connectivity index (χ4v) is 3.32. The van der Waals surface area contributed by atoms with Crippen molar-refractivity contribution in [2.75, 3.05) is 12.4 Å². The van der Waals surface area contributed by atoms with E-state index in [0.717, 1.165) is 25.7 Å². The van der Waals surface area contributed by atoms with Gasteiger partial charge < -0.3 is 15.2 Å². The Hall–Kier alpha value is -3.35. The molecule has 7 nitrogen and oxygen atoms in total. The molecule has 0 bridgehead atoms. The van der Waals surface area contributed by atoms with Gasteiger partial charge in [-0.2, -0.15) is 5.10 Å². The van der Waals surface area contributed by atoms with Crippen LogP contribution in [0.1, 0.15) is 48.0 Å². The van der Waals surface area contributed by atoms with E-state index in [1.54, 1.807) is 36.4 Å². The van der Waals surface area contributed by atoms with E-state index in [2.05, 4.69) is 15.8 Å². The Morgan fingerprint density at radius 3 is 2.52 bits per heavy atom. The highest BCUT2D eigenvalue weighted by Gasteiger charge is 2.21. The van der Waals surface area contributed by atoms with Gasteiger partial charge in [-0.3, -0.25) is 9.59 Å². The minimum absolute atomic E-state index is 0.0318. The fourth-order valence-electron chi connectivity index (χ4n) is 3.32. The number of carbonyl (C=O) groups is 2. The molecule has 1 saturated carbocycles. The minimum Gasteiger partial charge on any atom is -0.504 e. The van der Waals surface area contributed by atoms with Gasteiger partial charge in [0.2, 0.25) is 5.91 Å². The van der Waals surface area contributed by atoms with Crippen LogP contribution in [0.3, 0.4) is 0 Å². The summed E-state index contributed by atoms with van der Waals surface area (Å²) in [6, 6.07) is 11.5. The molecule has 2 aromatic carbocycles. The molecule has 3 N–H and O–H groups in total. The Labute approximate surface area is 169 Å². The third kappa shape index (κ3) is 5.57. The average Bonchev–Trinajstić information content (AvgIpc) is 2.76. The molecule has 3 rings (SSSR count). The van der Waals surface area contributed by atoms with Crippen molar-refractivity contribution in [3.63, 3.8) is 0 Å². The van der Waals surface area contributed by atoms with E-state index < -0.39 is 0 Å². The Bertz CT molecular complexity index is 887. The smallest absolute Gasteiger partial charge is 0.271 e. The minimum atomic E-state index is -0.364. The largest absolute Gasteiger partial charge is 0.504 e. The molecule has 1 aliphatic carbocycles. The Morgan fingerprint density at radius 2 is 1.83 bits per heavy atom. The second kappa shape index (κ2) is 9.73. The standard InChI is InChI=1S/C22H25N3O4/c1-29-20-13-15(7-12-19(20)26)14-23-25-22(28)17-8-10-18(11-9-17)24-21(27)16-5-3-2-4-6-16/h7-14,16,26H,2-6H2,1H3,(H,24,27)(H,25,28). The van der Waals surface area contributed by atoms with Gasteiger partial charge in [-0.05, 0) is 60.9 Å². The molecule has 0 aliphatic heterocycles. The highest BCUT2D eigenvalue weighted by molar-refractivity contribution is 5.96. The highest BCUT2D eigenvalue weighted by atomic mass is 16.5. The van der Waals surface area contributed by atoms with Crippen LogP contribution in [0.2, 0.25) is 0 Å². The zero-order valence-electron chi connectivity index (χ0n) is 16.4. The predicted octanol–water partition coefficient (Wildman–Crippen LogP) is 3.68. The van der Waals surface area contributed by atoms with E-state index >= 15 is 0 Å². The van der Waals surface area contributed by atoms with Crippen LogP contribution >= 0.6 is 0 Å². The monoisotopic (exact) mass is 395 g/mol. The first-order chi connectivity index (χ1) is 14.1. The van der Waals surface area contributed by atoms with Crippen molar-refractivity contribution in [2.45, 2.75) is 32.1 Å². The summed E-state index contributed by atoms with van der Waals surface area (Å²) in [6.07, 6.45) is 6.76. The molecule has 1 fully saturated rings. The van der Waals surface area contributed by atoms with Crippen LogP contribution in [0, 0.1) is 5.92 Å². The number of amides is 2. The van der Waals surface area contributed by atoms with Crippen molar-refractivity contribution < 1.29 is 19.4 Å². The number of phenols is 1. The lowest BCUT2D eigenvalue weighted by molar-refractivity contribution is -0.120. The molecule has 2 amide bonds. The summed E-state index contributed by atoms with van der Waals surface area (Å²) in [4.78, 5) is 24.5. The first-order valence-electron chi connectivity index (χ1n) is 9.68. The second-order valence-corrected chi connectivity index (χ2v) is 7.03. The number of carbonyl (C=O) groups excluding carboxylic acids is 2. The maximum absolute atomic E-state index is 12.3. The first kappa shape index (κ1) is 20.4. The fraction of sp³-hybridized carbons (Fsp3) is 0.318. The number of benzene rings is 2. The van der Waals surface area contributed by atoms with E-state index in [9.17, 15) is 14.7 Å². The van der Waals surface area contributed by atoms with Crippen LogP contribution in [0.25, 0.3) is 0 Å². The molecule has 0 saturated heterocycles. The quantitative estimate of drug-likeness (QED) is 0.513. The van der Waals surface area contributed by atoms with Crippen LogP contribution < -0.4 is 15.5 Å². The Kier molecular flexibility index (Phi) is 6.84. The van der Waals surface area contributed by atoms with Gasteiger partial charge in [-0.15, -0.1) is 0 Å². The van der Waals surface area contributed by atoms with Crippen LogP contribution in [0.15, 0.2) is 47.6 Å². The zero-order valence-corrected chi connectivity index (χ0v) is 16.4. The summed E-state index contributed by atoms with van der Waals surface area (Å²) in [6.45, 7) is 0. The number of hydrogen-bond donors (Lipinski definition) is 3. The van der Waals surface area contributed by atoms with Crippen molar-refractivity contribution >= 4 is 23.7 Å². The number of hydrazone groups is 1. The van der Waals surface area contributed by atoms with Crippen molar-refractivity contribution in [1.82, 2.24) is 5.43 Å². The van der Waals surface area contributed by atoms with E-state index in [-0.39, 0.29) is 23.5 Å². The summed E-state index contributed by atoms with van der Waals surface area (Å²) in [5.41, 5.74) is 4.23. The molecule has 0 unspecified atom stereocenters. The molecule has 0 aromatic heterocycles. The van der Waals surface area contributed by atoms with Crippen LogP contribution in [0.4, 0.5) is 5.69 Å². The van der Waals surface area contributed by atoms with E-state index in [4.69, 9.17) is 4.74 Å². The highest BCUT2D eigenvalue weighted by Crippen LogP contribution is 2.26. The maximum Gasteiger partial charge on any atom is 0.271 e. The first-order valence-corrected chi connectivity index (χ1v) is 9.68. The third-order valence-electron chi connectivity index (χ3n) is 4.97. The zero-order chi connectivity index (χ0) is 20.6. The summed E-state index contributed by atoms with van der Waals surface area (Å²) in [7, 11) is 1.46. The topological polar surface area (TPSA) is 100 Å². The normalized spacial score (nSPS) is 14.5. The van der Waals surface area contributed by atoms with Gasteiger partial charge in [-0.1, -0.05) is 19.3 Å². The lowest BCUT2D eigenvalue weighted by atomic mass is 9.88. The molecule has 2 aromatic rings. The maximum atomic E-state index is 12.3. The molecule has 0 radical (unpaired) electrons. The number of rotatable bonds is 6. The lowest BCUT2D eigenvalue weighted by Crippen LogP contribution is -2.24. The van der Waals surface area contributed by atoms with Crippen molar-refractivity contribution in [3.05, 3.63) is 53.6 Å². The Balaban J connectivity index is 1.54. The molecule has 7 heteroatoms. The number of anilines is 1. The lowest BCUT2D eigenvalue weighted by Gasteiger charge is -2.20. The molecule has 29 heavy (non-hydrogen) atoms. The number of methoxy groups -OCH3 is 1. The molecule has 0 heterocycles. The number of nitrogens with zero attached hydrogens (tertiary/aromatic N) is 1. The number of nitrogens with one attached hydrogen (secondary N) is 2. The summed E-state index contributed by atoms with van der Waals surface area (Å²) in [5.74, 6) is 0.128. The van der Waals surface area contributed by atoms with E-state index in [1.807, 2.05) is 0 Å². The Morgan fingerprint density at radius 1 is 1.10 bits per heavy atom. The van der Waals surface area contributed by atoms with Gasteiger partial charge in [-0.25, -0.2) is 5.43 Å². The van der Waals surface area contributed by atoms with Crippen LogP contribution in [0.5, 0.6) is 11.5 Å².